The molecule has 0 saturated carbocycles. The Morgan fingerprint density at radius 2 is 1.79 bits per heavy atom. The highest BCUT2D eigenvalue weighted by Crippen LogP contribution is 2.32. The van der Waals surface area contributed by atoms with Crippen LogP contribution in [0.5, 0.6) is 5.75 Å². The summed E-state index contributed by atoms with van der Waals surface area (Å²) in [6.07, 6.45) is 0.682. The number of carbonyl (C=O) groups excluding carboxylic acids is 2. The number of amides is 2. The van der Waals surface area contributed by atoms with Crippen LogP contribution in [0.2, 0.25) is 0 Å². The van der Waals surface area contributed by atoms with Gasteiger partial charge in [0.2, 0.25) is 5.91 Å². The lowest BCUT2D eigenvalue weighted by atomic mass is 9.95. The molecule has 0 aliphatic carbocycles. The van der Waals surface area contributed by atoms with E-state index in [4.69, 9.17) is 4.74 Å². The summed E-state index contributed by atoms with van der Waals surface area (Å²) in [5, 5.41) is 3.02. The number of fused-ring (bicyclic) bond motifs is 1. The normalized spacial score (nSPS) is 15.1. The third kappa shape index (κ3) is 5.06. The van der Waals surface area contributed by atoms with Crippen LogP contribution in [0, 0.1) is 5.82 Å². The molecule has 1 N–H and O–H groups in total. The molecule has 1 aliphatic heterocycles. The van der Waals surface area contributed by atoms with E-state index in [2.05, 4.69) is 5.32 Å². The van der Waals surface area contributed by atoms with Crippen LogP contribution in [-0.2, 0) is 16.1 Å². The number of rotatable bonds is 6. The number of nitrogens with zero attached hydrogens (tertiary/aromatic N) is 1. The van der Waals surface area contributed by atoms with Crippen molar-refractivity contribution in [2.45, 2.75) is 38.8 Å². The molecule has 5 nitrogen and oxygen atoms in total. The van der Waals surface area contributed by atoms with Gasteiger partial charge in [0.25, 0.3) is 5.91 Å². The van der Waals surface area contributed by atoms with E-state index in [-0.39, 0.29) is 36.2 Å². The van der Waals surface area contributed by atoms with Gasteiger partial charge in [-0.3, -0.25) is 9.59 Å². The van der Waals surface area contributed by atoms with Gasteiger partial charge < -0.3 is 15.0 Å². The maximum Gasteiger partial charge on any atom is 0.261 e. The molecule has 0 fully saturated rings. The molecular formula is C27H27FN2O3. The van der Waals surface area contributed by atoms with E-state index < -0.39 is 0 Å². The molecule has 2 amide bonds. The first-order chi connectivity index (χ1) is 16.0. The number of anilines is 1. The Hall–Kier alpha value is -3.67. The lowest BCUT2D eigenvalue weighted by Crippen LogP contribution is -2.34. The summed E-state index contributed by atoms with van der Waals surface area (Å²) in [5.41, 5.74) is 3.27. The van der Waals surface area contributed by atoms with Crippen molar-refractivity contribution in [3.8, 4) is 5.75 Å². The minimum Gasteiger partial charge on any atom is -0.483 e. The van der Waals surface area contributed by atoms with Crippen LogP contribution in [0.25, 0.3) is 0 Å². The van der Waals surface area contributed by atoms with E-state index in [1.165, 1.54) is 12.1 Å². The number of carbonyl (C=O) groups is 2. The lowest BCUT2D eigenvalue weighted by molar-refractivity contribution is -0.135. The quantitative estimate of drug-likeness (QED) is 0.549. The van der Waals surface area contributed by atoms with Crippen LogP contribution in [0.3, 0.4) is 0 Å². The third-order valence-corrected chi connectivity index (χ3v) is 6.09. The van der Waals surface area contributed by atoms with Crippen LogP contribution in [0.1, 0.15) is 48.9 Å². The fourth-order valence-electron chi connectivity index (χ4n) is 4.18. The summed E-state index contributed by atoms with van der Waals surface area (Å²) in [6, 6.07) is 21.0. The van der Waals surface area contributed by atoms with Crippen LogP contribution in [0.15, 0.2) is 72.8 Å². The molecule has 6 heteroatoms. The molecule has 1 aliphatic rings. The van der Waals surface area contributed by atoms with E-state index in [0.29, 0.717) is 24.4 Å². The Labute approximate surface area is 193 Å². The molecular weight excluding hydrogens is 419 g/mol. The van der Waals surface area contributed by atoms with Gasteiger partial charge in [0.05, 0.1) is 18.5 Å². The van der Waals surface area contributed by atoms with Crippen LogP contribution in [0.4, 0.5) is 10.1 Å². The summed E-state index contributed by atoms with van der Waals surface area (Å²) >= 11 is 0. The molecule has 0 bridgehead atoms. The average Bonchev–Trinajstić information content (AvgIpc) is 2.99. The van der Waals surface area contributed by atoms with Gasteiger partial charge >= 0.3 is 0 Å². The third-order valence-electron chi connectivity index (χ3n) is 6.09. The average molecular weight is 447 g/mol. The van der Waals surface area contributed by atoms with E-state index in [9.17, 15) is 14.0 Å². The van der Waals surface area contributed by atoms with Crippen molar-refractivity contribution < 1.29 is 18.7 Å². The Bertz CT molecular complexity index is 1130. The van der Waals surface area contributed by atoms with Crippen molar-refractivity contribution in [2.24, 2.45) is 0 Å². The lowest BCUT2D eigenvalue weighted by Gasteiger charge is -2.28. The maximum absolute atomic E-state index is 13.3. The summed E-state index contributed by atoms with van der Waals surface area (Å²) in [5.74, 6) is -0.180. The molecule has 0 aromatic heterocycles. The molecule has 0 unspecified atom stereocenters. The van der Waals surface area contributed by atoms with Crippen molar-refractivity contribution >= 4 is 17.5 Å². The first-order valence-corrected chi connectivity index (χ1v) is 11.1. The van der Waals surface area contributed by atoms with E-state index in [0.717, 1.165) is 16.7 Å². The monoisotopic (exact) mass is 446 g/mol. The molecule has 3 aromatic carbocycles. The standard InChI is InChI=1S/C27H27FN2O3/c1-3-24(20-7-5-4-6-8-20)27(32)29-23-13-14-25-21(15-23)16-30(26(31)17-33-25)18(2)19-9-11-22(28)12-10-19/h4-15,18,24H,3,16-17H2,1-2H3,(H,29,32)/t18-,24+/m0/s1. The molecule has 0 radical (unpaired) electrons. The van der Waals surface area contributed by atoms with Gasteiger partial charge in [-0.05, 0) is 54.8 Å². The largest absolute Gasteiger partial charge is 0.483 e. The predicted molar refractivity (Wildman–Crippen MR) is 125 cm³/mol. The van der Waals surface area contributed by atoms with Gasteiger partial charge in [0, 0.05) is 11.3 Å². The highest BCUT2D eigenvalue weighted by Gasteiger charge is 2.27. The molecule has 3 aromatic rings. The number of hydrogen-bond acceptors (Lipinski definition) is 3. The van der Waals surface area contributed by atoms with Gasteiger partial charge in [0.1, 0.15) is 11.6 Å². The van der Waals surface area contributed by atoms with Crippen molar-refractivity contribution in [3.63, 3.8) is 0 Å². The summed E-state index contributed by atoms with van der Waals surface area (Å²) in [4.78, 5) is 27.5. The topological polar surface area (TPSA) is 58.6 Å². The molecule has 1 heterocycles. The van der Waals surface area contributed by atoms with Crippen molar-refractivity contribution in [3.05, 3.63) is 95.3 Å². The molecule has 4 rings (SSSR count). The summed E-state index contributed by atoms with van der Waals surface area (Å²) < 4.78 is 19.1. The first kappa shape index (κ1) is 22.5. The zero-order valence-electron chi connectivity index (χ0n) is 18.8. The van der Waals surface area contributed by atoms with Crippen LogP contribution in [-0.4, -0.2) is 23.3 Å². The second-order valence-corrected chi connectivity index (χ2v) is 8.22. The molecule has 2 atom stereocenters. The predicted octanol–water partition coefficient (Wildman–Crippen LogP) is 5.44. The SMILES string of the molecule is CC[C@@H](C(=O)Nc1ccc2c(c1)CN([C@@H](C)c1ccc(F)cc1)C(=O)CO2)c1ccccc1. The second-order valence-electron chi connectivity index (χ2n) is 8.22. The molecule has 0 saturated heterocycles. The Kier molecular flexibility index (Phi) is 6.73. The van der Waals surface area contributed by atoms with Gasteiger partial charge in [-0.1, -0.05) is 49.4 Å². The minimum absolute atomic E-state index is 0.0733. The Morgan fingerprint density at radius 1 is 1.06 bits per heavy atom. The zero-order chi connectivity index (χ0) is 23.4. The second kappa shape index (κ2) is 9.86. The molecule has 33 heavy (non-hydrogen) atoms. The number of nitrogens with one attached hydrogen (secondary N) is 1. The highest BCUT2D eigenvalue weighted by atomic mass is 19.1. The first-order valence-electron chi connectivity index (χ1n) is 11.1. The fourth-order valence-corrected chi connectivity index (χ4v) is 4.18. The summed E-state index contributed by atoms with van der Waals surface area (Å²) in [6.45, 7) is 4.15. The number of ether oxygens (including phenoxy) is 1. The molecule has 0 spiro atoms. The number of benzene rings is 3. The van der Waals surface area contributed by atoms with Gasteiger partial charge in [-0.2, -0.15) is 0 Å². The van der Waals surface area contributed by atoms with E-state index in [1.807, 2.05) is 50.2 Å². The van der Waals surface area contributed by atoms with E-state index >= 15 is 0 Å². The Morgan fingerprint density at radius 3 is 2.48 bits per heavy atom. The van der Waals surface area contributed by atoms with E-state index in [1.54, 1.807) is 29.2 Å². The van der Waals surface area contributed by atoms with Crippen molar-refractivity contribution in [1.82, 2.24) is 4.90 Å². The van der Waals surface area contributed by atoms with Gasteiger partial charge in [-0.25, -0.2) is 4.39 Å². The fraction of sp³-hybridized carbons (Fsp3) is 0.259. The summed E-state index contributed by atoms with van der Waals surface area (Å²) in [7, 11) is 0. The maximum atomic E-state index is 13.3. The zero-order valence-corrected chi connectivity index (χ0v) is 18.8. The van der Waals surface area contributed by atoms with Gasteiger partial charge in [-0.15, -0.1) is 0 Å². The van der Waals surface area contributed by atoms with Crippen LogP contribution < -0.4 is 10.1 Å². The number of hydrogen-bond donors (Lipinski definition) is 1. The van der Waals surface area contributed by atoms with Gasteiger partial charge in [0.15, 0.2) is 6.61 Å². The number of halogens is 1. The smallest absolute Gasteiger partial charge is 0.261 e. The van der Waals surface area contributed by atoms with Crippen molar-refractivity contribution in [2.75, 3.05) is 11.9 Å². The van der Waals surface area contributed by atoms with Crippen LogP contribution >= 0.6 is 0 Å². The minimum atomic E-state index is -0.317. The Balaban J connectivity index is 1.55. The van der Waals surface area contributed by atoms with Crippen molar-refractivity contribution in [1.29, 1.82) is 0 Å². The molecule has 170 valence electrons. The highest BCUT2D eigenvalue weighted by molar-refractivity contribution is 5.96.